The highest BCUT2D eigenvalue weighted by Crippen LogP contribution is 2.37. The molecule has 0 saturated carbocycles. The third-order valence-electron chi connectivity index (χ3n) is 14.4. The van der Waals surface area contributed by atoms with Crippen LogP contribution in [0.15, 0.2) is 24.3 Å². The van der Waals surface area contributed by atoms with Gasteiger partial charge in [-0.2, -0.15) is 0 Å². The van der Waals surface area contributed by atoms with Gasteiger partial charge in [-0.1, -0.05) is 90.0 Å². The van der Waals surface area contributed by atoms with Gasteiger partial charge in [-0.15, -0.1) is 0 Å². The normalized spacial score (nSPS) is 17.8. The van der Waals surface area contributed by atoms with Crippen LogP contribution in [0.1, 0.15) is 220 Å². The van der Waals surface area contributed by atoms with Crippen LogP contribution in [0.5, 0.6) is 0 Å². The number of ether oxygens (including phenoxy) is 8. The molecular weight excluding hydrogens is 989 g/mol. The Bertz CT molecular complexity index is 1660. The van der Waals surface area contributed by atoms with Gasteiger partial charge in [0.2, 0.25) is 0 Å². The molecule has 3 rings (SSSR count). The van der Waals surface area contributed by atoms with E-state index in [-0.39, 0.29) is 62.7 Å². The van der Waals surface area contributed by atoms with E-state index < -0.39 is 73.8 Å². The standard InChI is InChI=1S/C60H100N2O15/c1-4-7-10-13-15-17-26-41-70-53(63)29-20-22-31-55(65)72-45-60(48-75-58(68)49-43-51-33-34-52(44-49)76-51,46-73-56(66)32-23-21-30-54(64)71-42-27-18-16-14-11-8-5-2)47-74-57(67)36-35-50(28-19-12-9-6-3)77-59(69)61-37-40-62-38-24-25-39-62/h15-18,49-52H,4-14,19-48H2,1-3H3,(H,61,69)/b17-15-,18-16-. The molecule has 3 saturated heterocycles. The molecule has 0 aliphatic carbocycles. The van der Waals surface area contributed by atoms with E-state index in [0.717, 1.165) is 110 Å². The summed E-state index contributed by atoms with van der Waals surface area (Å²) in [5.41, 5.74) is -1.51. The van der Waals surface area contributed by atoms with E-state index in [0.29, 0.717) is 77.5 Å². The first-order valence-electron chi connectivity index (χ1n) is 30.0. The van der Waals surface area contributed by atoms with Crippen molar-refractivity contribution in [3.63, 3.8) is 0 Å². The van der Waals surface area contributed by atoms with Gasteiger partial charge in [0.15, 0.2) is 0 Å². The highest BCUT2D eigenvalue weighted by Gasteiger charge is 2.42. The average molecular weight is 1090 g/mol. The number of carbonyl (C=O) groups excluding carboxylic acids is 7. The minimum atomic E-state index is -1.51. The second-order valence-corrected chi connectivity index (χ2v) is 21.5. The fourth-order valence-electron chi connectivity index (χ4n) is 9.61. The molecule has 3 aliphatic heterocycles. The van der Waals surface area contributed by atoms with Crippen LogP contribution in [-0.2, 0) is 66.7 Å². The lowest BCUT2D eigenvalue weighted by atomic mass is 9.91. The van der Waals surface area contributed by atoms with Crippen molar-refractivity contribution < 1.29 is 71.5 Å². The number of hydrogen-bond donors (Lipinski definition) is 1. The maximum absolute atomic E-state index is 13.7. The topological polar surface area (TPSA) is 209 Å². The lowest BCUT2D eigenvalue weighted by Gasteiger charge is -2.33. The molecule has 3 aliphatic rings. The van der Waals surface area contributed by atoms with Gasteiger partial charge < -0.3 is 48.1 Å². The number of nitrogens with zero attached hydrogens (tertiary/aromatic N) is 1. The maximum atomic E-state index is 13.7. The van der Waals surface area contributed by atoms with Crippen molar-refractivity contribution in [1.82, 2.24) is 10.2 Å². The number of nitrogens with one attached hydrogen (secondary N) is 1. The Morgan fingerprint density at radius 3 is 1.49 bits per heavy atom. The number of amides is 1. The van der Waals surface area contributed by atoms with E-state index in [1.165, 1.54) is 12.8 Å². The fourth-order valence-corrected chi connectivity index (χ4v) is 9.61. The van der Waals surface area contributed by atoms with Gasteiger partial charge in [0.05, 0.1) is 31.3 Å². The minimum Gasteiger partial charge on any atom is -0.465 e. The van der Waals surface area contributed by atoms with E-state index in [9.17, 15) is 33.6 Å². The molecule has 3 heterocycles. The van der Waals surface area contributed by atoms with Crippen LogP contribution in [-0.4, -0.2) is 131 Å². The van der Waals surface area contributed by atoms with Gasteiger partial charge in [0.25, 0.3) is 0 Å². The second kappa shape index (κ2) is 42.4. The molecule has 17 heteroatoms. The summed E-state index contributed by atoms with van der Waals surface area (Å²) in [7, 11) is 0. The van der Waals surface area contributed by atoms with Crippen molar-refractivity contribution in [3.05, 3.63) is 24.3 Å². The van der Waals surface area contributed by atoms with Gasteiger partial charge in [-0.05, 0) is 135 Å². The number of carbonyl (C=O) groups is 7. The van der Waals surface area contributed by atoms with Crippen molar-refractivity contribution in [2.24, 2.45) is 11.3 Å². The summed E-state index contributed by atoms with van der Waals surface area (Å²) in [4.78, 5) is 94.1. The number of allylic oxidation sites excluding steroid dienone is 2. The molecule has 1 N–H and O–H groups in total. The van der Waals surface area contributed by atoms with Crippen LogP contribution in [0.2, 0.25) is 0 Å². The third kappa shape index (κ3) is 32.9. The fraction of sp³-hybridized carbons (Fsp3) is 0.817. The van der Waals surface area contributed by atoms with Crippen LogP contribution < -0.4 is 5.32 Å². The zero-order chi connectivity index (χ0) is 55.6. The van der Waals surface area contributed by atoms with E-state index >= 15 is 0 Å². The highest BCUT2D eigenvalue weighted by molar-refractivity contribution is 5.73. The number of esters is 6. The molecule has 0 aromatic heterocycles. The summed E-state index contributed by atoms with van der Waals surface area (Å²) in [5.74, 6) is -3.40. The molecule has 0 spiro atoms. The Labute approximate surface area is 461 Å². The van der Waals surface area contributed by atoms with E-state index in [4.69, 9.17) is 37.9 Å². The molecule has 3 unspecified atom stereocenters. The van der Waals surface area contributed by atoms with Gasteiger partial charge in [-0.3, -0.25) is 28.8 Å². The SMILES string of the molecule is CCCCC/C=C\CCOC(=O)CCCCC(=O)OCC(COC(=O)CCCCC(=O)OCC/C=C\CCCCC)(COC(=O)CCC(CCCCCC)OC(=O)NCCN1CCCC1)COC(=O)C1CC2CCC(C1)O2. The highest BCUT2D eigenvalue weighted by atomic mass is 16.6. The molecule has 440 valence electrons. The molecule has 3 fully saturated rings. The average Bonchev–Trinajstić information content (AvgIpc) is 4.08. The molecular formula is C60H100N2O15. The van der Waals surface area contributed by atoms with E-state index in [2.05, 4.69) is 43.1 Å². The molecule has 2 bridgehead atoms. The predicted molar refractivity (Wildman–Crippen MR) is 293 cm³/mol. The number of likely N-dealkylation sites (tertiary alicyclic amines) is 1. The van der Waals surface area contributed by atoms with Gasteiger partial charge in [0, 0.05) is 45.2 Å². The van der Waals surface area contributed by atoms with Crippen molar-refractivity contribution in [2.45, 2.75) is 238 Å². The van der Waals surface area contributed by atoms with Gasteiger partial charge in [0.1, 0.15) is 37.9 Å². The second-order valence-electron chi connectivity index (χ2n) is 21.5. The van der Waals surface area contributed by atoms with Crippen LogP contribution in [0.3, 0.4) is 0 Å². The molecule has 0 aromatic rings. The number of unbranched alkanes of at least 4 members (excludes halogenated alkanes) is 11. The van der Waals surface area contributed by atoms with Crippen LogP contribution in [0, 0.1) is 11.3 Å². The molecule has 0 aromatic carbocycles. The summed E-state index contributed by atoms with van der Waals surface area (Å²) < 4.78 is 46.0. The number of fused-ring (bicyclic) bond motifs is 2. The maximum Gasteiger partial charge on any atom is 0.407 e. The summed E-state index contributed by atoms with van der Waals surface area (Å²) in [5, 5.41) is 2.86. The lowest BCUT2D eigenvalue weighted by molar-refractivity contribution is -0.174. The van der Waals surface area contributed by atoms with Crippen LogP contribution >= 0.6 is 0 Å². The molecule has 1 amide bonds. The quantitative estimate of drug-likeness (QED) is 0.0260. The van der Waals surface area contributed by atoms with Crippen LogP contribution in [0.4, 0.5) is 4.79 Å². The first-order chi connectivity index (χ1) is 37.4. The first-order valence-corrected chi connectivity index (χ1v) is 30.0. The number of rotatable bonds is 45. The lowest BCUT2D eigenvalue weighted by Crippen LogP contribution is -2.44. The van der Waals surface area contributed by atoms with Gasteiger partial charge >= 0.3 is 41.9 Å². The Morgan fingerprint density at radius 2 is 0.987 bits per heavy atom. The summed E-state index contributed by atoms with van der Waals surface area (Å²) in [6.07, 6.45) is 28.6. The summed E-state index contributed by atoms with van der Waals surface area (Å²) >= 11 is 0. The summed E-state index contributed by atoms with van der Waals surface area (Å²) in [6.45, 7) is 8.57. The van der Waals surface area contributed by atoms with Gasteiger partial charge in [-0.25, -0.2) is 4.79 Å². The first kappa shape index (κ1) is 66.8. The van der Waals surface area contributed by atoms with E-state index in [1.54, 1.807) is 0 Å². The number of hydrogen-bond acceptors (Lipinski definition) is 16. The Kier molecular flexibility index (Phi) is 36.8. The largest absolute Gasteiger partial charge is 0.465 e. The Balaban J connectivity index is 1.66. The zero-order valence-electron chi connectivity index (χ0n) is 47.7. The predicted octanol–water partition coefficient (Wildman–Crippen LogP) is 11.3. The van der Waals surface area contributed by atoms with Crippen molar-refractivity contribution in [3.8, 4) is 0 Å². The zero-order valence-corrected chi connectivity index (χ0v) is 47.7. The minimum absolute atomic E-state index is 0.0300. The molecule has 0 radical (unpaired) electrons. The Morgan fingerprint density at radius 1 is 0.532 bits per heavy atom. The van der Waals surface area contributed by atoms with Crippen molar-refractivity contribution in [2.75, 3.05) is 65.8 Å². The monoisotopic (exact) mass is 1090 g/mol. The summed E-state index contributed by atoms with van der Waals surface area (Å²) in [6, 6.07) is 0. The van der Waals surface area contributed by atoms with E-state index in [1.807, 2.05) is 12.2 Å². The molecule has 17 nitrogen and oxygen atoms in total. The van der Waals surface area contributed by atoms with Crippen molar-refractivity contribution in [1.29, 1.82) is 0 Å². The van der Waals surface area contributed by atoms with Crippen LogP contribution in [0.25, 0.3) is 0 Å². The molecule has 77 heavy (non-hydrogen) atoms. The number of alkyl carbamates (subject to hydrolysis) is 1. The third-order valence-corrected chi connectivity index (χ3v) is 14.4. The smallest absolute Gasteiger partial charge is 0.407 e. The molecule has 3 atom stereocenters. The van der Waals surface area contributed by atoms with Crippen molar-refractivity contribution >= 4 is 41.9 Å². The Hall–Kier alpha value is -4.51.